The molecule has 1 aliphatic rings. The van der Waals surface area contributed by atoms with Gasteiger partial charge in [0.25, 0.3) is 0 Å². The van der Waals surface area contributed by atoms with Crippen LogP contribution in [0.4, 0.5) is 0 Å². The third-order valence-corrected chi connectivity index (χ3v) is 4.40. The van der Waals surface area contributed by atoms with Crippen molar-refractivity contribution in [2.75, 3.05) is 33.3 Å². The highest BCUT2D eigenvalue weighted by atomic mass is 35.5. The van der Waals surface area contributed by atoms with Gasteiger partial charge in [-0.05, 0) is 43.3 Å². The summed E-state index contributed by atoms with van der Waals surface area (Å²) in [6, 6.07) is 15.3. The lowest BCUT2D eigenvalue weighted by Crippen LogP contribution is -2.43. The molecule has 0 aromatic heterocycles. The van der Waals surface area contributed by atoms with E-state index < -0.39 is 0 Å². The molecular weight excluding hydrogens is 352 g/mol. The van der Waals surface area contributed by atoms with Crippen molar-refractivity contribution in [1.29, 1.82) is 0 Å². The maximum atomic E-state index is 12.1. The minimum absolute atomic E-state index is 0.00130. The molecule has 6 heteroatoms. The Labute approximate surface area is 158 Å². The predicted molar refractivity (Wildman–Crippen MR) is 102 cm³/mol. The molecule has 2 aromatic carbocycles. The van der Waals surface area contributed by atoms with E-state index in [9.17, 15) is 4.79 Å². The molecule has 1 amide bonds. The minimum atomic E-state index is -0.0863. The van der Waals surface area contributed by atoms with E-state index in [2.05, 4.69) is 5.32 Å². The van der Waals surface area contributed by atoms with E-state index in [-0.39, 0.29) is 12.0 Å². The van der Waals surface area contributed by atoms with Gasteiger partial charge < -0.3 is 14.8 Å². The third kappa shape index (κ3) is 5.38. The molecule has 26 heavy (non-hydrogen) atoms. The molecule has 0 aliphatic carbocycles. The summed E-state index contributed by atoms with van der Waals surface area (Å²) in [5, 5.41) is 3.66. The Balaban J connectivity index is 1.37. The number of para-hydroxylation sites is 2. The first-order chi connectivity index (χ1) is 12.6. The second-order valence-electron chi connectivity index (χ2n) is 6.42. The van der Waals surface area contributed by atoms with Crippen LogP contribution in [0.15, 0.2) is 48.5 Å². The van der Waals surface area contributed by atoms with Crippen LogP contribution in [0.25, 0.3) is 0 Å². The molecule has 0 saturated carbocycles. The molecule has 5 nitrogen and oxygen atoms in total. The van der Waals surface area contributed by atoms with Crippen LogP contribution in [0.5, 0.6) is 11.5 Å². The fourth-order valence-corrected chi connectivity index (χ4v) is 2.99. The number of benzene rings is 2. The van der Waals surface area contributed by atoms with Crippen LogP contribution < -0.4 is 14.8 Å². The van der Waals surface area contributed by atoms with Crippen LogP contribution in [0.1, 0.15) is 5.56 Å². The third-order valence-electron chi connectivity index (χ3n) is 4.15. The quantitative estimate of drug-likeness (QED) is 0.809. The number of fused-ring (bicyclic) bond motifs is 1. The first-order valence-corrected chi connectivity index (χ1v) is 9.06. The van der Waals surface area contributed by atoms with Gasteiger partial charge in [-0.25, -0.2) is 0 Å². The van der Waals surface area contributed by atoms with E-state index in [1.807, 2.05) is 60.5 Å². The van der Waals surface area contributed by atoms with Gasteiger partial charge in [0.15, 0.2) is 11.5 Å². The van der Waals surface area contributed by atoms with Gasteiger partial charge in [-0.2, -0.15) is 0 Å². The highest BCUT2D eigenvalue weighted by Gasteiger charge is 2.22. The minimum Gasteiger partial charge on any atom is -0.486 e. The Bertz CT molecular complexity index is 736. The second-order valence-corrected chi connectivity index (χ2v) is 6.86. The van der Waals surface area contributed by atoms with E-state index >= 15 is 0 Å². The number of carbonyl (C=O) groups is 1. The number of halogens is 1. The number of amides is 1. The van der Waals surface area contributed by atoms with Gasteiger partial charge in [-0.1, -0.05) is 35.9 Å². The van der Waals surface area contributed by atoms with Crippen molar-refractivity contribution in [2.45, 2.75) is 12.5 Å². The largest absolute Gasteiger partial charge is 0.486 e. The molecular formula is C20H23ClN2O3. The fourth-order valence-electron chi connectivity index (χ4n) is 2.86. The average Bonchev–Trinajstić information content (AvgIpc) is 2.63. The summed E-state index contributed by atoms with van der Waals surface area (Å²) in [4.78, 5) is 14.0. The Morgan fingerprint density at radius 1 is 1.19 bits per heavy atom. The molecule has 0 radical (unpaired) electrons. The molecule has 1 heterocycles. The number of nitrogens with zero attached hydrogens (tertiary/aromatic N) is 1. The Hall–Kier alpha value is -2.24. The first-order valence-electron chi connectivity index (χ1n) is 8.68. The molecule has 0 spiro atoms. The molecule has 0 fully saturated rings. The summed E-state index contributed by atoms with van der Waals surface area (Å²) in [5.41, 5.74) is 1.15. The zero-order valence-electron chi connectivity index (χ0n) is 14.8. The lowest BCUT2D eigenvalue weighted by Gasteiger charge is -2.29. The second kappa shape index (κ2) is 8.92. The molecule has 0 unspecified atom stereocenters. The zero-order valence-corrected chi connectivity index (χ0v) is 15.5. The SMILES string of the molecule is CN(CC(=O)NCCc1ccc(Cl)cc1)C[C@H]1COc2ccccc2O1. The van der Waals surface area contributed by atoms with Gasteiger partial charge in [0, 0.05) is 18.1 Å². The molecule has 3 rings (SSSR count). The topological polar surface area (TPSA) is 50.8 Å². The summed E-state index contributed by atoms with van der Waals surface area (Å²) in [5.74, 6) is 1.52. The van der Waals surface area contributed by atoms with Crippen molar-refractivity contribution in [1.82, 2.24) is 10.2 Å². The smallest absolute Gasteiger partial charge is 0.234 e. The normalized spacial score (nSPS) is 15.7. The number of likely N-dealkylation sites (N-methyl/N-ethyl adjacent to an activating group) is 1. The van der Waals surface area contributed by atoms with Gasteiger partial charge in [0.05, 0.1) is 6.54 Å². The monoisotopic (exact) mass is 374 g/mol. The lowest BCUT2D eigenvalue weighted by molar-refractivity contribution is -0.122. The van der Waals surface area contributed by atoms with Crippen LogP contribution in [0.3, 0.4) is 0 Å². The number of ether oxygens (including phenoxy) is 2. The molecule has 2 aromatic rings. The van der Waals surface area contributed by atoms with E-state index in [0.29, 0.717) is 26.2 Å². The van der Waals surface area contributed by atoms with Crippen molar-refractivity contribution in [3.63, 3.8) is 0 Å². The Morgan fingerprint density at radius 2 is 1.92 bits per heavy atom. The average molecular weight is 375 g/mol. The Morgan fingerprint density at radius 3 is 2.69 bits per heavy atom. The number of rotatable bonds is 7. The van der Waals surface area contributed by atoms with Crippen LogP contribution in [0, 0.1) is 0 Å². The van der Waals surface area contributed by atoms with Gasteiger partial charge in [0.2, 0.25) is 5.91 Å². The van der Waals surface area contributed by atoms with Gasteiger partial charge in [-0.15, -0.1) is 0 Å². The zero-order chi connectivity index (χ0) is 18.4. The van der Waals surface area contributed by atoms with Crippen LogP contribution in [0.2, 0.25) is 5.02 Å². The molecule has 1 aliphatic heterocycles. The van der Waals surface area contributed by atoms with Gasteiger partial charge >= 0.3 is 0 Å². The number of nitrogens with one attached hydrogen (secondary N) is 1. The predicted octanol–water partition coefficient (Wildman–Crippen LogP) is 2.77. The van der Waals surface area contributed by atoms with Gasteiger partial charge in [0.1, 0.15) is 12.7 Å². The molecule has 1 atom stereocenters. The maximum absolute atomic E-state index is 12.1. The van der Waals surface area contributed by atoms with Crippen LogP contribution in [-0.4, -0.2) is 50.2 Å². The standard InChI is InChI=1S/C20H23ClN2O3/c1-23(12-17-14-25-18-4-2-3-5-19(18)26-17)13-20(24)22-11-10-15-6-8-16(21)9-7-15/h2-9,17H,10-14H2,1H3,(H,22,24)/t17-/m0/s1. The van der Waals surface area contributed by atoms with Crippen molar-refractivity contribution >= 4 is 17.5 Å². The Kier molecular flexibility index (Phi) is 6.36. The summed E-state index contributed by atoms with van der Waals surface area (Å²) >= 11 is 5.87. The highest BCUT2D eigenvalue weighted by Crippen LogP contribution is 2.30. The van der Waals surface area contributed by atoms with E-state index in [0.717, 1.165) is 28.5 Å². The molecule has 1 N–H and O–H groups in total. The van der Waals surface area contributed by atoms with Crippen molar-refractivity contribution in [3.05, 3.63) is 59.1 Å². The summed E-state index contributed by atoms with van der Waals surface area (Å²) in [7, 11) is 1.91. The van der Waals surface area contributed by atoms with E-state index in [1.54, 1.807) is 0 Å². The first kappa shape index (κ1) is 18.5. The molecule has 138 valence electrons. The lowest BCUT2D eigenvalue weighted by atomic mass is 10.1. The summed E-state index contributed by atoms with van der Waals surface area (Å²) < 4.78 is 11.6. The molecule has 0 saturated heterocycles. The van der Waals surface area contributed by atoms with Crippen molar-refractivity contribution < 1.29 is 14.3 Å². The molecule has 0 bridgehead atoms. The number of hydrogen-bond donors (Lipinski definition) is 1. The van der Waals surface area contributed by atoms with E-state index in [4.69, 9.17) is 21.1 Å². The fraction of sp³-hybridized carbons (Fsp3) is 0.350. The van der Waals surface area contributed by atoms with Gasteiger partial charge in [-0.3, -0.25) is 9.69 Å². The number of hydrogen-bond acceptors (Lipinski definition) is 4. The van der Waals surface area contributed by atoms with E-state index in [1.165, 1.54) is 0 Å². The summed E-state index contributed by atoms with van der Waals surface area (Å²) in [6.07, 6.45) is 0.694. The summed E-state index contributed by atoms with van der Waals surface area (Å²) in [6.45, 7) is 2.03. The van der Waals surface area contributed by atoms with Crippen molar-refractivity contribution in [2.24, 2.45) is 0 Å². The van der Waals surface area contributed by atoms with Crippen molar-refractivity contribution in [3.8, 4) is 11.5 Å². The maximum Gasteiger partial charge on any atom is 0.234 e. The van der Waals surface area contributed by atoms with Crippen LogP contribution in [-0.2, 0) is 11.2 Å². The number of carbonyl (C=O) groups excluding carboxylic acids is 1. The highest BCUT2D eigenvalue weighted by molar-refractivity contribution is 6.30. The van der Waals surface area contributed by atoms with Crippen LogP contribution >= 0.6 is 11.6 Å².